The molecule has 1 aliphatic rings. The molecule has 1 aliphatic heterocycles. The number of nitrogens with zero attached hydrogens (tertiary/aromatic N) is 3. The van der Waals surface area contributed by atoms with Crippen molar-refractivity contribution in [2.45, 2.75) is 18.7 Å². The molecule has 8 heteroatoms. The van der Waals surface area contributed by atoms with Gasteiger partial charge in [-0.3, -0.25) is 19.7 Å². The van der Waals surface area contributed by atoms with E-state index in [9.17, 15) is 19.7 Å². The molecular weight excluding hydrogens is 330 g/mol. The molecule has 1 aromatic rings. The van der Waals surface area contributed by atoms with Crippen LogP contribution in [-0.4, -0.2) is 58.5 Å². The van der Waals surface area contributed by atoms with Crippen LogP contribution in [0, 0.1) is 16.0 Å². The standard InChI is InChI=1S/C16H21N3O4S/c1-12(2)16(21)18-9-7-17(8-10-18)15(20)11-24-14-5-3-13(4-6-14)19(22)23/h3-6,12H,7-11H2,1-2H3. The number of rotatable bonds is 5. The number of carbonyl (C=O) groups excluding carboxylic acids is 2. The Morgan fingerprint density at radius 1 is 1.12 bits per heavy atom. The quantitative estimate of drug-likeness (QED) is 0.460. The predicted octanol–water partition coefficient (Wildman–Crippen LogP) is 2.01. The van der Waals surface area contributed by atoms with Crippen LogP contribution in [0.25, 0.3) is 0 Å². The van der Waals surface area contributed by atoms with Crippen LogP contribution >= 0.6 is 11.8 Å². The molecule has 2 rings (SSSR count). The van der Waals surface area contributed by atoms with Gasteiger partial charge in [0.25, 0.3) is 5.69 Å². The van der Waals surface area contributed by atoms with Gasteiger partial charge in [0.15, 0.2) is 0 Å². The fourth-order valence-electron chi connectivity index (χ4n) is 2.44. The van der Waals surface area contributed by atoms with E-state index in [1.54, 1.807) is 21.9 Å². The fraction of sp³-hybridized carbons (Fsp3) is 0.500. The van der Waals surface area contributed by atoms with Gasteiger partial charge < -0.3 is 9.80 Å². The number of piperazine rings is 1. The molecule has 0 saturated carbocycles. The largest absolute Gasteiger partial charge is 0.339 e. The molecular formula is C16H21N3O4S. The lowest BCUT2D eigenvalue weighted by molar-refractivity contribution is -0.384. The summed E-state index contributed by atoms with van der Waals surface area (Å²) in [5.41, 5.74) is 0.0385. The Labute approximate surface area is 145 Å². The molecule has 0 radical (unpaired) electrons. The van der Waals surface area contributed by atoms with Crippen molar-refractivity contribution in [3.8, 4) is 0 Å². The number of nitro groups is 1. The monoisotopic (exact) mass is 351 g/mol. The maximum Gasteiger partial charge on any atom is 0.269 e. The highest BCUT2D eigenvalue weighted by molar-refractivity contribution is 8.00. The molecule has 0 aromatic heterocycles. The van der Waals surface area contributed by atoms with Gasteiger partial charge in [0.2, 0.25) is 11.8 Å². The van der Waals surface area contributed by atoms with Gasteiger partial charge in [-0.2, -0.15) is 0 Å². The Bertz CT molecular complexity index is 610. The Morgan fingerprint density at radius 2 is 1.67 bits per heavy atom. The van der Waals surface area contributed by atoms with Gasteiger partial charge in [-0.15, -0.1) is 11.8 Å². The van der Waals surface area contributed by atoms with Crippen LogP contribution in [0.1, 0.15) is 13.8 Å². The highest BCUT2D eigenvalue weighted by Crippen LogP contribution is 2.22. The Morgan fingerprint density at radius 3 is 2.17 bits per heavy atom. The zero-order valence-corrected chi connectivity index (χ0v) is 14.6. The maximum absolute atomic E-state index is 12.3. The number of hydrogen-bond acceptors (Lipinski definition) is 5. The second-order valence-corrected chi connectivity index (χ2v) is 6.95. The molecule has 0 aliphatic carbocycles. The summed E-state index contributed by atoms with van der Waals surface area (Å²) in [6, 6.07) is 6.16. The Hall–Kier alpha value is -2.09. The van der Waals surface area contributed by atoms with Crippen LogP contribution in [0.5, 0.6) is 0 Å². The topological polar surface area (TPSA) is 83.8 Å². The first-order chi connectivity index (χ1) is 11.4. The summed E-state index contributed by atoms with van der Waals surface area (Å²) in [6.07, 6.45) is 0. The first-order valence-electron chi connectivity index (χ1n) is 7.82. The van der Waals surface area contributed by atoms with Crippen molar-refractivity contribution in [3.63, 3.8) is 0 Å². The minimum absolute atomic E-state index is 0.0231. The second-order valence-electron chi connectivity index (χ2n) is 5.90. The SMILES string of the molecule is CC(C)C(=O)N1CCN(C(=O)CSc2ccc([N+](=O)[O-])cc2)CC1. The highest BCUT2D eigenvalue weighted by Gasteiger charge is 2.25. The smallest absolute Gasteiger partial charge is 0.269 e. The van der Waals surface area contributed by atoms with E-state index in [0.717, 1.165) is 4.90 Å². The highest BCUT2D eigenvalue weighted by atomic mass is 32.2. The minimum Gasteiger partial charge on any atom is -0.339 e. The van der Waals surface area contributed by atoms with Crippen LogP contribution in [0.15, 0.2) is 29.2 Å². The van der Waals surface area contributed by atoms with Crippen molar-refractivity contribution in [1.82, 2.24) is 9.80 Å². The molecule has 130 valence electrons. The van der Waals surface area contributed by atoms with Crippen molar-refractivity contribution >= 4 is 29.3 Å². The maximum atomic E-state index is 12.3. The van der Waals surface area contributed by atoms with E-state index in [0.29, 0.717) is 26.2 Å². The zero-order valence-electron chi connectivity index (χ0n) is 13.8. The fourth-order valence-corrected chi connectivity index (χ4v) is 3.24. The van der Waals surface area contributed by atoms with Crippen LogP contribution in [-0.2, 0) is 9.59 Å². The Balaban J connectivity index is 1.79. The summed E-state index contributed by atoms with van der Waals surface area (Å²) in [6.45, 7) is 6.01. The van der Waals surface area contributed by atoms with Crippen LogP contribution in [0.3, 0.4) is 0 Å². The number of thioether (sulfide) groups is 1. The van der Waals surface area contributed by atoms with E-state index in [-0.39, 0.29) is 29.2 Å². The predicted molar refractivity (Wildman–Crippen MR) is 91.8 cm³/mol. The molecule has 24 heavy (non-hydrogen) atoms. The van der Waals surface area contributed by atoms with Gasteiger partial charge >= 0.3 is 0 Å². The van der Waals surface area contributed by atoms with Gasteiger partial charge in [-0.25, -0.2) is 0 Å². The average Bonchev–Trinajstić information content (AvgIpc) is 2.59. The first-order valence-corrected chi connectivity index (χ1v) is 8.81. The normalized spacial score (nSPS) is 14.8. The molecule has 1 fully saturated rings. The third-order valence-electron chi connectivity index (χ3n) is 3.85. The molecule has 7 nitrogen and oxygen atoms in total. The summed E-state index contributed by atoms with van der Waals surface area (Å²) >= 11 is 1.36. The summed E-state index contributed by atoms with van der Waals surface area (Å²) in [4.78, 5) is 38.7. The number of non-ortho nitro benzene ring substituents is 1. The van der Waals surface area contributed by atoms with Crippen LogP contribution in [0.4, 0.5) is 5.69 Å². The van der Waals surface area contributed by atoms with Gasteiger partial charge in [0.1, 0.15) is 0 Å². The van der Waals surface area contributed by atoms with E-state index in [1.807, 2.05) is 13.8 Å². The van der Waals surface area contributed by atoms with E-state index < -0.39 is 4.92 Å². The third-order valence-corrected chi connectivity index (χ3v) is 4.84. The Kier molecular flexibility index (Phi) is 6.19. The lowest BCUT2D eigenvalue weighted by Crippen LogP contribution is -2.51. The molecule has 0 unspecified atom stereocenters. The van der Waals surface area contributed by atoms with Crippen molar-refractivity contribution in [1.29, 1.82) is 0 Å². The van der Waals surface area contributed by atoms with E-state index in [2.05, 4.69) is 0 Å². The summed E-state index contributed by atoms with van der Waals surface area (Å²) in [5.74, 6) is 0.415. The van der Waals surface area contributed by atoms with E-state index in [1.165, 1.54) is 23.9 Å². The zero-order chi connectivity index (χ0) is 17.7. The van der Waals surface area contributed by atoms with Crippen molar-refractivity contribution in [2.75, 3.05) is 31.9 Å². The average molecular weight is 351 g/mol. The number of amides is 2. The van der Waals surface area contributed by atoms with Gasteiger partial charge in [-0.1, -0.05) is 13.8 Å². The molecule has 0 atom stereocenters. The molecule has 1 heterocycles. The molecule has 1 aromatic carbocycles. The summed E-state index contributed by atoms with van der Waals surface area (Å²) < 4.78 is 0. The van der Waals surface area contributed by atoms with Crippen LogP contribution in [0.2, 0.25) is 0 Å². The minimum atomic E-state index is -0.447. The number of carbonyl (C=O) groups is 2. The molecule has 0 spiro atoms. The number of hydrogen-bond donors (Lipinski definition) is 0. The molecule has 2 amide bonds. The van der Waals surface area contributed by atoms with Gasteiger partial charge in [-0.05, 0) is 12.1 Å². The molecule has 1 saturated heterocycles. The number of nitro benzene ring substituents is 1. The summed E-state index contributed by atoms with van der Waals surface area (Å²) in [7, 11) is 0. The molecule has 0 bridgehead atoms. The van der Waals surface area contributed by atoms with E-state index >= 15 is 0 Å². The van der Waals surface area contributed by atoms with Crippen molar-refractivity contribution in [2.24, 2.45) is 5.92 Å². The molecule has 0 N–H and O–H groups in total. The van der Waals surface area contributed by atoms with Crippen LogP contribution < -0.4 is 0 Å². The van der Waals surface area contributed by atoms with Crippen molar-refractivity contribution in [3.05, 3.63) is 34.4 Å². The van der Waals surface area contributed by atoms with Gasteiger partial charge in [0, 0.05) is 49.1 Å². The second kappa shape index (κ2) is 8.14. The van der Waals surface area contributed by atoms with Gasteiger partial charge in [0.05, 0.1) is 10.7 Å². The number of benzene rings is 1. The lowest BCUT2D eigenvalue weighted by Gasteiger charge is -2.35. The van der Waals surface area contributed by atoms with E-state index in [4.69, 9.17) is 0 Å². The lowest BCUT2D eigenvalue weighted by atomic mass is 10.1. The first kappa shape index (κ1) is 18.3. The third kappa shape index (κ3) is 4.70. The summed E-state index contributed by atoms with van der Waals surface area (Å²) in [5, 5.41) is 10.6. The van der Waals surface area contributed by atoms with Crippen molar-refractivity contribution < 1.29 is 14.5 Å².